The largest absolute Gasteiger partial charge is 0.484 e. The van der Waals surface area contributed by atoms with Gasteiger partial charge in [-0.05, 0) is 67.3 Å². The minimum atomic E-state index is -3.46. The van der Waals surface area contributed by atoms with Gasteiger partial charge in [0.25, 0.3) is 5.91 Å². The van der Waals surface area contributed by atoms with Crippen molar-refractivity contribution in [2.45, 2.75) is 31.1 Å². The zero-order valence-corrected chi connectivity index (χ0v) is 17.2. The third kappa shape index (κ3) is 4.84. The number of ether oxygens (including phenoxy) is 1. The molecule has 1 fully saturated rings. The Kier molecular flexibility index (Phi) is 6.59. The number of amides is 1. The van der Waals surface area contributed by atoms with Gasteiger partial charge >= 0.3 is 0 Å². The number of sulfonamides is 1. The van der Waals surface area contributed by atoms with E-state index < -0.39 is 10.0 Å². The number of rotatable bonds is 7. The number of hydrogen-bond acceptors (Lipinski definition) is 4. The van der Waals surface area contributed by atoms with Crippen molar-refractivity contribution in [1.29, 1.82) is 0 Å². The van der Waals surface area contributed by atoms with Crippen LogP contribution in [-0.4, -0.2) is 38.3 Å². The SMILES string of the molecule is CCc1cc(OCC(=O)Nc2ccc(S(=O)(=O)N3CCCC3)cc2)ccc1Cl. The van der Waals surface area contributed by atoms with Crippen LogP contribution in [-0.2, 0) is 21.2 Å². The number of nitrogens with zero attached hydrogens (tertiary/aromatic N) is 1. The molecule has 6 nitrogen and oxygen atoms in total. The molecule has 0 unspecified atom stereocenters. The second kappa shape index (κ2) is 8.94. The van der Waals surface area contributed by atoms with Gasteiger partial charge in [-0.15, -0.1) is 0 Å². The van der Waals surface area contributed by atoms with Crippen LogP contribution in [0.5, 0.6) is 5.75 Å². The molecule has 1 aliphatic heterocycles. The van der Waals surface area contributed by atoms with E-state index in [9.17, 15) is 13.2 Å². The molecule has 1 heterocycles. The first-order valence-electron chi connectivity index (χ1n) is 9.21. The summed E-state index contributed by atoms with van der Waals surface area (Å²) in [5.41, 5.74) is 1.47. The molecule has 0 bridgehead atoms. The average Bonchev–Trinajstić information content (AvgIpc) is 3.23. The van der Waals surface area contributed by atoms with Gasteiger partial charge in [0.05, 0.1) is 4.90 Å². The maximum Gasteiger partial charge on any atom is 0.262 e. The van der Waals surface area contributed by atoms with Crippen molar-refractivity contribution < 1.29 is 17.9 Å². The van der Waals surface area contributed by atoms with E-state index in [0.717, 1.165) is 24.8 Å². The van der Waals surface area contributed by atoms with Crippen molar-refractivity contribution in [3.8, 4) is 5.75 Å². The van der Waals surface area contributed by atoms with Crippen LogP contribution in [0.15, 0.2) is 47.4 Å². The third-order valence-corrected chi connectivity index (χ3v) is 6.89. The lowest BCUT2D eigenvalue weighted by Crippen LogP contribution is -2.27. The van der Waals surface area contributed by atoms with Crippen LogP contribution in [0.2, 0.25) is 5.02 Å². The molecule has 3 rings (SSSR count). The molecule has 1 saturated heterocycles. The van der Waals surface area contributed by atoms with E-state index >= 15 is 0 Å². The molecule has 1 N–H and O–H groups in total. The molecule has 0 aliphatic carbocycles. The minimum absolute atomic E-state index is 0.154. The monoisotopic (exact) mass is 422 g/mol. The van der Waals surface area contributed by atoms with E-state index in [2.05, 4.69) is 5.32 Å². The summed E-state index contributed by atoms with van der Waals surface area (Å²) in [5.74, 6) is 0.242. The highest BCUT2D eigenvalue weighted by Gasteiger charge is 2.26. The molecule has 0 saturated carbocycles. The van der Waals surface area contributed by atoms with E-state index in [1.165, 1.54) is 16.4 Å². The first kappa shape index (κ1) is 20.6. The van der Waals surface area contributed by atoms with E-state index in [0.29, 0.717) is 29.5 Å². The number of aryl methyl sites for hydroxylation is 1. The number of nitrogens with one attached hydrogen (secondary N) is 1. The van der Waals surface area contributed by atoms with E-state index in [1.807, 2.05) is 13.0 Å². The Morgan fingerprint density at radius 1 is 1.14 bits per heavy atom. The number of carbonyl (C=O) groups is 1. The number of hydrogen-bond donors (Lipinski definition) is 1. The summed E-state index contributed by atoms with van der Waals surface area (Å²) >= 11 is 6.07. The lowest BCUT2D eigenvalue weighted by molar-refractivity contribution is -0.118. The second-order valence-electron chi connectivity index (χ2n) is 6.58. The Morgan fingerprint density at radius 2 is 1.82 bits per heavy atom. The maximum atomic E-state index is 12.5. The van der Waals surface area contributed by atoms with Crippen molar-refractivity contribution in [2.24, 2.45) is 0 Å². The number of anilines is 1. The summed E-state index contributed by atoms with van der Waals surface area (Å²) in [6, 6.07) is 11.5. The second-order valence-corrected chi connectivity index (χ2v) is 8.92. The first-order chi connectivity index (χ1) is 13.4. The van der Waals surface area contributed by atoms with E-state index in [1.54, 1.807) is 24.3 Å². The summed E-state index contributed by atoms with van der Waals surface area (Å²) in [5, 5.41) is 3.37. The molecular formula is C20H23ClN2O4S. The number of benzene rings is 2. The van der Waals surface area contributed by atoms with Crippen LogP contribution in [0.3, 0.4) is 0 Å². The third-order valence-electron chi connectivity index (χ3n) is 4.61. The van der Waals surface area contributed by atoms with Gasteiger partial charge in [0.2, 0.25) is 10.0 Å². The summed E-state index contributed by atoms with van der Waals surface area (Å²) in [4.78, 5) is 12.3. The fraction of sp³-hybridized carbons (Fsp3) is 0.350. The first-order valence-corrected chi connectivity index (χ1v) is 11.0. The van der Waals surface area contributed by atoms with Crippen molar-refractivity contribution >= 4 is 33.2 Å². The highest BCUT2D eigenvalue weighted by atomic mass is 35.5. The number of carbonyl (C=O) groups excluding carboxylic acids is 1. The Morgan fingerprint density at radius 3 is 2.46 bits per heavy atom. The predicted molar refractivity (Wildman–Crippen MR) is 109 cm³/mol. The molecular weight excluding hydrogens is 400 g/mol. The smallest absolute Gasteiger partial charge is 0.262 e. The Labute approximate surface area is 170 Å². The van der Waals surface area contributed by atoms with Crippen molar-refractivity contribution in [3.05, 3.63) is 53.1 Å². The van der Waals surface area contributed by atoms with Gasteiger partial charge in [0.1, 0.15) is 5.75 Å². The van der Waals surface area contributed by atoms with Gasteiger partial charge in [-0.3, -0.25) is 4.79 Å². The van der Waals surface area contributed by atoms with Gasteiger partial charge in [-0.1, -0.05) is 18.5 Å². The molecule has 0 aromatic heterocycles. The van der Waals surface area contributed by atoms with Gasteiger partial charge in [0.15, 0.2) is 6.61 Å². The lowest BCUT2D eigenvalue weighted by Gasteiger charge is -2.15. The van der Waals surface area contributed by atoms with Crippen LogP contribution in [0.4, 0.5) is 5.69 Å². The van der Waals surface area contributed by atoms with Crippen molar-refractivity contribution in [3.63, 3.8) is 0 Å². The molecule has 0 atom stereocenters. The van der Waals surface area contributed by atoms with Crippen molar-refractivity contribution in [1.82, 2.24) is 4.31 Å². The zero-order chi connectivity index (χ0) is 20.1. The van der Waals surface area contributed by atoms with Crippen LogP contribution >= 0.6 is 11.6 Å². The molecule has 1 aliphatic rings. The minimum Gasteiger partial charge on any atom is -0.484 e. The van der Waals surface area contributed by atoms with Crippen LogP contribution in [0.25, 0.3) is 0 Å². The normalized spacial score (nSPS) is 14.8. The molecule has 8 heteroatoms. The molecule has 2 aromatic rings. The summed E-state index contributed by atoms with van der Waals surface area (Å²) < 4.78 is 32.0. The Balaban J connectivity index is 1.57. The highest BCUT2D eigenvalue weighted by molar-refractivity contribution is 7.89. The van der Waals surface area contributed by atoms with E-state index in [4.69, 9.17) is 16.3 Å². The molecule has 0 spiro atoms. The van der Waals surface area contributed by atoms with Crippen LogP contribution < -0.4 is 10.1 Å². The zero-order valence-electron chi connectivity index (χ0n) is 15.7. The molecule has 2 aromatic carbocycles. The summed E-state index contributed by atoms with van der Waals surface area (Å²) in [6.07, 6.45) is 2.55. The summed E-state index contributed by atoms with van der Waals surface area (Å²) in [7, 11) is -3.46. The van der Waals surface area contributed by atoms with Gasteiger partial charge in [-0.25, -0.2) is 8.42 Å². The van der Waals surface area contributed by atoms with Gasteiger partial charge in [0, 0.05) is 23.8 Å². The van der Waals surface area contributed by atoms with E-state index in [-0.39, 0.29) is 17.4 Å². The topological polar surface area (TPSA) is 75.7 Å². The molecule has 0 radical (unpaired) electrons. The van der Waals surface area contributed by atoms with Gasteiger partial charge in [-0.2, -0.15) is 4.31 Å². The van der Waals surface area contributed by atoms with Crippen LogP contribution in [0.1, 0.15) is 25.3 Å². The molecule has 150 valence electrons. The summed E-state index contributed by atoms with van der Waals surface area (Å²) in [6.45, 7) is 2.95. The average molecular weight is 423 g/mol. The quantitative estimate of drug-likeness (QED) is 0.738. The maximum absolute atomic E-state index is 12.5. The highest BCUT2D eigenvalue weighted by Crippen LogP contribution is 2.23. The molecule has 28 heavy (non-hydrogen) atoms. The Hall–Kier alpha value is -2.09. The Bertz CT molecular complexity index is 939. The lowest BCUT2D eigenvalue weighted by atomic mass is 10.1. The fourth-order valence-corrected chi connectivity index (χ4v) is 4.81. The predicted octanol–water partition coefficient (Wildman–Crippen LogP) is 3.70. The van der Waals surface area contributed by atoms with Gasteiger partial charge < -0.3 is 10.1 Å². The fourth-order valence-electron chi connectivity index (χ4n) is 3.05. The molecule has 1 amide bonds. The standard InChI is InChI=1S/C20H23ClN2O4S/c1-2-15-13-17(7-10-19(15)21)27-14-20(24)22-16-5-8-18(9-6-16)28(25,26)23-11-3-4-12-23/h5-10,13H,2-4,11-12,14H2,1H3,(H,22,24). The van der Waals surface area contributed by atoms with Crippen LogP contribution in [0, 0.1) is 0 Å². The van der Waals surface area contributed by atoms with Crippen molar-refractivity contribution in [2.75, 3.05) is 25.0 Å². The number of halogens is 1.